The van der Waals surface area contributed by atoms with E-state index in [1.54, 1.807) is 12.3 Å². The standard InChI is InChI=1S/C26H42N2O2/c1-3-5-6-7-8-9-10-11-12-13-14-15-16-20-26(29)28-27-23-24-18-17-19-25(22-24)30-21-4-2/h4,17-19,22-23H,2-3,5-16,20-21H2,1H3,(H,28,29)/b27-23+. The van der Waals surface area contributed by atoms with Crippen LogP contribution in [0.2, 0.25) is 0 Å². The van der Waals surface area contributed by atoms with Crippen LogP contribution in [0.3, 0.4) is 0 Å². The van der Waals surface area contributed by atoms with E-state index in [1.807, 2.05) is 24.3 Å². The van der Waals surface area contributed by atoms with E-state index in [9.17, 15) is 4.79 Å². The maximum absolute atomic E-state index is 11.9. The molecule has 0 aliphatic rings. The molecule has 0 unspecified atom stereocenters. The van der Waals surface area contributed by atoms with Crippen LogP contribution in [0.25, 0.3) is 0 Å². The van der Waals surface area contributed by atoms with E-state index in [0.29, 0.717) is 13.0 Å². The Bertz CT molecular complexity index is 598. The van der Waals surface area contributed by atoms with Gasteiger partial charge in [-0.1, -0.05) is 109 Å². The largest absolute Gasteiger partial charge is 0.490 e. The molecule has 30 heavy (non-hydrogen) atoms. The molecule has 1 aromatic carbocycles. The van der Waals surface area contributed by atoms with E-state index >= 15 is 0 Å². The lowest BCUT2D eigenvalue weighted by atomic mass is 10.0. The van der Waals surface area contributed by atoms with Crippen LogP contribution in [0.1, 0.15) is 102 Å². The number of nitrogens with zero attached hydrogens (tertiary/aromatic N) is 1. The Hall–Kier alpha value is -2.10. The third kappa shape index (κ3) is 14.8. The van der Waals surface area contributed by atoms with Crippen molar-refractivity contribution in [3.63, 3.8) is 0 Å². The van der Waals surface area contributed by atoms with Crippen LogP contribution in [0.4, 0.5) is 0 Å². The smallest absolute Gasteiger partial charge is 0.240 e. The molecule has 0 heterocycles. The Morgan fingerprint density at radius 3 is 2.17 bits per heavy atom. The van der Waals surface area contributed by atoms with Crippen molar-refractivity contribution < 1.29 is 9.53 Å². The van der Waals surface area contributed by atoms with Gasteiger partial charge in [0.05, 0.1) is 6.21 Å². The SMILES string of the molecule is C=CCOc1cccc(/C=N/NC(=O)CCCCCCCCCCCCCCC)c1. The highest BCUT2D eigenvalue weighted by atomic mass is 16.5. The normalized spacial score (nSPS) is 11.0. The number of hydrazone groups is 1. The summed E-state index contributed by atoms with van der Waals surface area (Å²) < 4.78 is 5.49. The number of hydrogen-bond acceptors (Lipinski definition) is 3. The zero-order valence-electron chi connectivity index (χ0n) is 19.0. The Morgan fingerprint density at radius 1 is 0.967 bits per heavy atom. The van der Waals surface area contributed by atoms with Crippen LogP contribution in [0, 0.1) is 0 Å². The summed E-state index contributed by atoms with van der Waals surface area (Å²) in [7, 11) is 0. The molecule has 0 bridgehead atoms. The van der Waals surface area contributed by atoms with Crippen molar-refractivity contribution in [3.8, 4) is 5.75 Å². The van der Waals surface area contributed by atoms with E-state index in [4.69, 9.17) is 4.74 Å². The molecule has 4 nitrogen and oxygen atoms in total. The van der Waals surface area contributed by atoms with E-state index in [1.165, 1.54) is 70.6 Å². The zero-order chi connectivity index (χ0) is 21.7. The van der Waals surface area contributed by atoms with Crippen LogP contribution in [0.5, 0.6) is 5.75 Å². The van der Waals surface area contributed by atoms with Crippen LogP contribution < -0.4 is 10.2 Å². The molecule has 1 N–H and O–H groups in total. The van der Waals surface area contributed by atoms with Crippen LogP contribution >= 0.6 is 0 Å². The first-order chi connectivity index (χ1) is 14.8. The van der Waals surface area contributed by atoms with Crippen molar-refractivity contribution in [1.82, 2.24) is 5.43 Å². The van der Waals surface area contributed by atoms with Crippen molar-refractivity contribution in [2.45, 2.75) is 96.8 Å². The van der Waals surface area contributed by atoms with Gasteiger partial charge in [-0.25, -0.2) is 5.43 Å². The summed E-state index contributed by atoms with van der Waals surface area (Å²) >= 11 is 0. The second-order valence-corrected chi connectivity index (χ2v) is 7.96. The van der Waals surface area contributed by atoms with Crippen LogP contribution in [0.15, 0.2) is 42.0 Å². The molecule has 0 fully saturated rings. The lowest BCUT2D eigenvalue weighted by molar-refractivity contribution is -0.121. The minimum absolute atomic E-state index is 0.0200. The van der Waals surface area contributed by atoms with Crippen molar-refractivity contribution >= 4 is 12.1 Å². The van der Waals surface area contributed by atoms with Gasteiger partial charge < -0.3 is 4.74 Å². The summed E-state index contributed by atoms with van der Waals surface area (Å²) in [4.78, 5) is 11.9. The molecule has 0 aromatic heterocycles. The number of carbonyl (C=O) groups is 1. The topological polar surface area (TPSA) is 50.7 Å². The van der Waals surface area contributed by atoms with Gasteiger partial charge >= 0.3 is 0 Å². The average Bonchev–Trinajstić information content (AvgIpc) is 2.76. The lowest BCUT2D eigenvalue weighted by Crippen LogP contribution is -2.16. The molecule has 0 spiro atoms. The number of hydrogen-bond donors (Lipinski definition) is 1. The summed E-state index contributed by atoms with van der Waals surface area (Å²) in [6.07, 6.45) is 20.9. The predicted octanol–water partition coefficient (Wildman–Crippen LogP) is 7.18. The highest BCUT2D eigenvalue weighted by Crippen LogP contribution is 2.13. The predicted molar refractivity (Wildman–Crippen MR) is 128 cm³/mol. The molecule has 168 valence electrons. The van der Waals surface area contributed by atoms with E-state index in [-0.39, 0.29) is 5.91 Å². The van der Waals surface area contributed by atoms with Gasteiger partial charge in [-0.2, -0.15) is 5.10 Å². The average molecular weight is 415 g/mol. The summed E-state index contributed by atoms with van der Waals surface area (Å²) in [6, 6.07) is 7.58. The Morgan fingerprint density at radius 2 is 1.57 bits per heavy atom. The van der Waals surface area contributed by atoms with E-state index in [2.05, 4.69) is 24.0 Å². The first-order valence-electron chi connectivity index (χ1n) is 11.9. The number of nitrogens with one attached hydrogen (secondary N) is 1. The van der Waals surface area contributed by atoms with Crippen molar-refractivity contribution in [3.05, 3.63) is 42.5 Å². The third-order valence-electron chi connectivity index (χ3n) is 5.14. The molecule has 0 aliphatic carbocycles. The Kier molecular flexibility index (Phi) is 16.3. The molecule has 1 aromatic rings. The van der Waals surface area contributed by atoms with Crippen LogP contribution in [-0.4, -0.2) is 18.7 Å². The molecule has 0 saturated heterocycles. The summed E-state index contributed by atoms with van der Waals surface area (Å²) in [5, 5.41) is 4.04. The number of unbranched alkanes of at least 4 members (excludes halogenated alkanes) is 12. The number of carbonyl (C=O) groups excluding carboxylic acids is 1. The first-order valence-corrected chi connectivity index (χ1v) is 11.9. The molecule has 0 aliphatic heterocycles. The van der Waals surface area contributed by atoms with Gasteiger partial charge in [0.15, 0.2) is 0 Å². The van der Waals surface area contributed by atoms with Gasteiger partial charge in [0.1, 0.15) is 12.4 Å². The Labute approximate surface area is 184 Å². The summed E-state index contributed by atoms with van der Waals surface area (Å²) in [6.45, 7) is 6.37. The fourth-order valence-electron chi connectivity index (χ4n) is 3.38. The number of benzene rings is 1. The zero-order valence-corrected chi connectivity index (χ0v) is 19.0. The van der Waals surface area contributed by atoms with Gasteiger partial charge in [-0.05, 0) is 24.1 Å². The molecule has 4 heteroatoms. The summed E-state index contributed by atoms with van der Waals surface area (Å²) in [5.74, 6) is 0.741. The first kappa shape index (κ1) is 25.9. The quantitative estimate of drug-likeness (QED) is 0.113. The van der Waals surface area contributed by atoms with Gasteiger partial charge in [0.25, 0.3) is 0 Å². The van der Waals surface area contributed by atoms with E-state index in [0.717, 1.165) is 24.2 Å². The number of rotatable bonds is 19. The molecular weight excluding hydrogens is 372 g/mol. The van der Waals surface area contributed by atoms with Crippen molar-refractivity contribution in [2.75, 3.05) is 6.61 Å². The minimum atomic E-state index is -0.0200. The number of ether oxygens (including phenoxy) is 1. The number of amides is 1. The van der Waals surface area contributed by atoms with Crippen molar-refractivity contribution in [2.24, 2.45) is 5.10 Å². The molecule has 0 radical (unpaired) electrons. The molecule has 1 amide bonds. The fourth-order valence-corrected chi connectivity index (χ4v) is 3.38. The third-order valence-corrected chi connectivity index (χ3v) is 5.14. The maximum atomic E-state index is 11.9. The fraction of sp³-hybridized carbons (Fsp3) is 0.615. The minimum Gasteiger partial charge on any atom is -0.490 e. The van der Waals surface area contributed by atoms with Crippen molar-refractivity contribution in [1.29, 1.82) is 0 Å². The summed E-state index contributed by atoms with van der Waals surface area (Å²) in [5.41, 5.74) is 3.50. The molecule has 0 atom stereocenters. The van der Waals surface area contributed by atoms with E-state index < -0.39 is 0 Å². The highest BCUT2D eigenvalue weighted by molar-refractivity contribution is 5.82. The Balaban J connectivity index is 1.97. The second kappa shape index (κ2) is 18.9. The van der Waals surface area contributed by atoms with Gasteiger partial charge in [0.2, 0.25) is 5.91 Å². The second-order valence-electron chi connectivity index (χ2n) is 7.96. The highest BCUT2D eigenvalue weighted by Gasteiger charge is 2.00. The lowest BCUT2D eigenvalue weighted by Gasteiger charge is -2.04. The maximum Gasteiger partial charge on any atom is 0.240 e. The van der Waals surface area contributed by atoms with Crippen LogP contribution in [-0.2, 0) is 4.79 Å². The monoisotopic (exact) mass is 414 g/mol. The van der Waals surface area contributed by atoms with Gasteiger partial charge in [0, 0.05) is 6.42 Å². The molecular formula is C26H42N2O2. The van der Waals surface area contributed by atoms with Gasteiger partial charge in [-0.3, -0.25) is 4.79 Å². The molecule has 1 rings (SSSR count). The molecule has 0 saturated carbocycles. The van der Waals surface area contributed by atoms with Gasteiger partial charge in [-0.15, -0.1) is 0 Å².